The second kappa shape index (κ2) is 7.21. The van der Waals surface area contributed by atoms with Gasteiger partial charge in [0, 0.05) is 57.6 Å². The van der Waals surface area contributed by atoms with Crippen molar-refractivity contribution >= 4 is 11.6 Å². The quantitative estimate of drug-likeness (QED) is 0.883. The van der Waals surface area contributed by atoms with Crippen molar-refractivity contribution in [3.63, 3.8) is 0 Å². The van der Waals surface area contributed by atoms with E-state index in [1.807, 2.05) is 30.3 Å². The Balaban J connectivity index is 1.29. The van der Waals surface area contributed by atoms with Gasteiger partial charge in [0.2, 0.25) is 0 Å². The number of hydrogen-bond acceptors (Lipinski definition) is 6. The van der Waals surface area contributed by atoms with Gasteiger partial charge >= 0.3 is 0 Å². The van der Waals surface area contributed by atoms with Gasteiger partial charge < -0.3 is 10.2 Å². The number of pyridine rings is 2. The highest BCUT2D eigenvalue weighted by Crippen LogP contribution is 2.34. The Morgan fingerprint density at radius 2 is 2.23 bits per heavy atom. The molecule has 134 valence electrons. The number of hydrogen-bond donors (Lipinski definition) is 1. The number of rotatable bonds is 5. The van der Waals surface area contributed by atoms with Crippen LogP contribution >= 0.6 is 0 Å². The maximum absolute atomic E-state index is 12.4. The van der Waals surface area contributed by atoms with Crippen LogP contribution in [-0.2, 0) is 22.7 Å². The molecule has 2 aliphatic rings. The number of nitrogens with zero attached hydrogens (tertiary/aromatic N) is 4. The SMILES string of the molecule is O=C(NCc1cccnc1)C1=NO[C@]2(CCN(Cc3ccccn3)C2)C1. The molecule has 0 radical (unpaired) electrons. The zero-order chi connectivity index (χ0) is 17.8. The Kier molecular flexibility index (Phi) is 4.62. The molecular formula is C19H21N5O2. The highest BCUT2D eigenvalue weighted by molar-refractivity contribution is 6.39. The molecule has 0 bridgehead atoms. The van der Waals surface area contributed by atoms with Gasteiger partial charge in [-0.2, -0.15) is 0 Å². The van der Waals surface area contributed by atoms with E-state index in [1.54, 1.807) is 18.6 Å². The molecule has 1 N–H and O–H groups in total. The van der Waals surface area contributed by atoms with Crippen LogP contribution < -0.4 is 5.32 Å². The van der Waals surface area contributed by atoms with E-state index in [4.69, 9.17) is 4.84 Å². The monoisotopic (exact) mass is 351 g/mol. The van der Waals surface area contributed by atoms with Gasteiger partial charge in [0.15, 0.2) is 5.60 Å². The summed E-state index contributed by atoms with van der Waals surface area (Å²) in [6, 6.07) is 9.71. The van der Waals surface area contributed by atoms with Gasteiger partial charge in [-0.1, -0.05) is 17.3 Å². The van der Waals surface area contributed by atoms with Crippen LogP contribution in [0.15, 0.2) is 54.1 Å². The molecule has 1 amide bonds. The molecule has 1 fully saturated rings. The maximum atomic E-state index is 12.4. The van der Waals surface area contributed by atoms with Crippen molar-refractivity contribution in [2.45, 2.75) is 31.5 Å². The van der Waals surface area contributed by atoms with Crippen molar-refractivity contribution in [1.29, 1.82) is 0 Å². The van der Waals surface area contributed by atoms with E-state index in [0.29, 0.717) is 18.7 Å². The van der Waals surface area contributed by atoms with E-state index in [-0.39, 0.29) is 11.5 Å². The van der Waals surface area contributed by atoms with Gasteiger partial charge in [0.1, 0.15) is 5.71 Å². The van der Waals surface area contributed by atoms with Crippen molar-refractivity contribution in [2.24, 2.45) is 5.16 Å². The Morgan fingerprint density at radius 1 is 1.27 bits per heavy atom. The van der Waals surface area contributed by atoms with Crippen LogP contribution in [0, 0.1) is 0 Å². The van der Waals surface area contributed by atoms with Crippen LogP contribution in [0.5, 0.6) is 0 Å². The van der Waals surface area contributed by atoms with Crippen molar-refractivity contribution < 1.29 is 9.63 Å². The lowest BCUT2D eigenvalue weighted by Gasteiger charge is -2.21. The molecule has 2 aromatic rings. The molecular weight excluding hydrogens is 330 g/mol. The van der Waals surface area contributed by atoms with Crippen LogP contribution in [0.3, 0.4) is 0 Å². The lowest BCUT2D eigenvalue weighted by Crippen LogP contribution is -2.36. The predicted molar refractivity (Wildman–Crippen MR) is 96.1 cm³/mol. The van der Waals surface area contributed by atoms with Crippen molar-refractivity contribution in [2.75, 3.05) is 13.1 Å². The van der Waals surface area contributed by atoms with Crippen LogP contribution in [0.25, 0.3) is 0 Å². The molecule has 26 heavy (non-hydrogen) atoms. The van der Waals surface area contributed by atoms with Gasteiger partial charge in [-0.3, -0.25) is 19.7 Å². The molecule has 1 atom stereocenters. The number of nitrogens with one attached hydrogen (secondary N) is 1. The summed E-state index contributed by atoms with van der Waals surface area (Å²) in [6.07, 6.45) is 6.66. The summed E-state index contributed by atoms with van der Waals surface area (Å²) in [5.74, 6) is -0.172. The first kappa shape index (κ1) is 16.7. The minimum atomic E-state index is -0.379. The van der Waals surface area contributed by atoms with E-state index in [2.05, 4.69) is 25.3 Å². The van der Waals surface area contributed by atoms with Gasteiger partial charge in [-0.05, 0) is 23.8 Å². The number of likely N-dealkylation sites (tertiary alicyclic amines) is 1. The number of amides is 1. The first-order valence-electron chi connectivity index (χ1n) is 8.77. The summed E-state index contributed by atoms with van der Waals surface area (Å²) >= 11 is 0. The summed E-state index contributed by atoms with van der Waals surface area (Å²) in [6.45, 7) is 2.89. The minimum absolute atomic E-state index is 0.172. The summed E-state index contributed by atoms with van der Waals surface area (Å²) in [7, 11) is 0. The van der Waals surface area contributed by atoms with Gasteiger partial charge in [0.05, 0.1) is 5.69 Å². The van der Waals surface area contributed by atoms with Crippen LogP contribution in [0.2, 0.25) is 0 Å². The molecule has 4 heterocycles. The number of carbonyl (C=O) groups is 1. The average molecular weight is 351 g/mol. The second-order valence-corrected chi connectivity index (χ2v) is 6.81. The smallest absolute Gasteiger partial charge is 0.269 e. The highest BCUT2D eigenvalue weighted by Gasteiger charge is 2.46. The fourth-order valence-electron chi connectivity index (χ4n) is 3.43. The van der Waals surface area contributed by atoms with Gasteiger partial charge in [-0.25, -0.2) is 0 Å². The summed E-state index contributed by atoms with van der Waals surface area (Å²) in [5.41, 5.74) is 2.08. The van der Waals surface area contributed by atoms with Crippen molar-refractivity contribution in [3.05, 3.63) is 60.2 Å². The van der Waals surface area contributed by atoms with E-state index in [1.165, 1.54) is 0 Å². The van der Waals surface area contributed by atoms with Gasteiger partial charge in [0.25, 0.3) is 5.91 Å². The Morgan fingerprint density at radius 3 is 3.04 bits per heavy atom. The van der Waals surface area contributed by atoms with E-state index in [0.717, 1.165) is 37.3 Å². The lowest BCUT2D eigenvalue weighted by molar-refractivity contribution is -0.115. The Hall–Kier alpha value is -2.80. The fourth-order valence-corrected chi connectivity index (χ4v) is 3.43. The Bertz CT molecular complexity index is 796. The summed E-state index contributed by atoms with van der Waals surface area (Å²) in [4.78, 5) is 28.8. The Labute approximate surface area is 152 Å². The van der Waals surface area contributed by atoms with Gasteiger partial charge in [-0.15, -0.1) is 0 Å². The fraction of sp³-hybridized carbons (Fsp3) is 0.368. The first-order chi connectivity index (χ1) is 12.7. The molecule has 0 aliphatic carbocycles. The molecule has 2 aliphatic heterocycles. The number of aromatic nitrogens is 2. The highest BCUT2D eigenvalue weighted by atomic mass is 16.7. The number of carbonyl (C=O) groups excluding carboxylic acids is 1. The molecule has 0 unspecified atom stereocenters. The molecule has 1 saturated heterocycles. The third-order valence-electron chi connectivity index (χ3n) is 4.78. The minimum Gasteiger partial charge on any atom is -0.387 e. The van der Waals surface area contributed by atoms with E-state index < -0.39 is 0 Å². The third-order valence-corrected chi connectivity index (χ3v) is 4.78. The maximum Gasteiger partial charge on any atom is 0.269 e. The largest absolute Gasteiger partial charge is 0.387 e. The zero-order valence-electron chi connectivity index (χ0n) is 14.5. The lowest BCUT2D eigenvalue weighted by atomic mass is 9.96. The van der Waals surface area contributed by atoms with Crippen molar-refractivity contribution in [3.8, 4) is 0 Å². The predicted octanol–water partition coefficient (Wildman–Crippen LogP) is 1.51. The van der Waals surface area contributed by atoms with Crippen LogP contribution in [0.4, 0.5) is 0 Å². The normalized spacial score (nSPS) is 22.2. The molecule has 4 rings (SSSR count). The molecule has 7 heteroatoms. The first-order valence-corrected chi connectivity index (χ1v) is 8.77. The van der Waals surface area contributed by atoms with Crippen LogP contribution in [0.1, 0.15) is 24.1 Å². The molecule has 0 aromatic carbocycles. The average Bonchev–Trinajstić information content (AvgIpc) is 3.28. The number of oxime groups is 1. The van der Waals surface area contributed by atoms with E-state index in [9.17, 15) is 4.79 Å². The molecule has 7 nitrogen and oxygen atoms in total. The molecule has 0 saturated carbocycles. The van der Waals surface area contributed by atoms with Crippen molar-refractivity contribution in [1.82, 2.24) is 20.2 Å². The molecule has 2 aromatic heterocycles. The summed E-state index contributed by atoms with van der Waals surface area (Å²) in [5, 5.41) is 6.96. The van der Waals surface area contributed by atoms with Crippen LogP contribution in [-0.4, -0.2) is 45.2 Å². The zero-order valence-corrected chi connectivity index (χ0v) is 14.5. The molecule has 1 spiro atoms. The summed E-state index contributed by atoms with van der Waals surface area (Å²) < 4.78 is 0. The topological polar surface area (TPSA) is 79.7 Å². The second-order valence-electron chi connectivity index (χ2n) is 6.81. The van der Waals surface area contributed by atoms with E-state index >= 15 is 0 Å². The third kappa shape index (κ3) is 3.72. The standard InChI is InChI=1S/C19H21N5O2/c25-18(22-12-15-4-3-7-20-11-15)17-10-19(26-23-17)6-9-24(14-19)13-16-5-1-2-8-21-16/h1-5,7-8,11H,6,9-10,12-14H2,(H,22,25)/t19-/m1/s1.